The topological polar surface area (TPSA) is 68.9 Å². The Bertz CT molecular complexity index is 1750. The van der Waals surface area contributed by atoms with Crippen LogP contribution in [-0.2, 0) is 11.3 Å². The number of aryl methyl sites for hydroxylation is 3. The van der Waals surface area contributed by atoms with Crippen LogP contribution in [-0.4, -0.2) is 25.8 Å². The monoisotopic (exact) mass is 558 g/mol. The van der Waals surface area contributed by atoms with Crippen LogP contribution >= 0.6 is 35.3 Å². The van der Waals surface area contributed by atoms with Crippen LogP contribution in [0.5, 0.6) is 0 Å². The normalized spacial score (nSPS) is 11.1. The van der Waals surface area contributed by atoms with E-state index in [0.29, 0.717) is 31.7 Å². The van der Waals surface area contributed by atoms with Gasteiger partial charge in [-0.15, -0.1) is 0 Å². The zero-order valence-electron chi connectivity index (χ0n) is 21.2. The van der Waals surface area contributed by atoms with Crippen LogP contribution < -0.4 is 10.9 Å². The Kier molecular flexibility index (Phi) is 7.60. The van der Waals surface area contributed by atoms with Crippen molar-refractivity contribution in [1.82, 2.24) is 19.4 Å². The van der Waals surface area contributed by atoms with E-state index in [1.165, 1.54) is 28.7 Å². The second-order valence-corrected chi connectivity index (χ2v) is 11.6. The molecule has 1 N–H and O–H groups in total. The van der Waals surface area contributed by atoms with Crippen LogP contribution in [0.25, 0.3) is 21.7 Å². The van der Waals surface area contributed by atoms with Gasteiger partial charge >= 0.3 is 0 Å². The minimum absolute atomic E-state index is 0.116. The number of benzene rings is 3. The maximum Gasteiger partial charge on any atom is 0.278 e. The molecule has 0 radical (unpaired) electrons. The van der Waals surface area contributed by atoms with Crippen molar-refractivity contribution in [3.8, 4) is 11.4 Å². The molecule has 5 aromatic rings. The van der Waals surface area contributed by atoms with Crippen molar-refractivity contribution >= 4 is 51.6 Å². The lowest BCUT2D eigenvalue weighted by Crippen LogP contribution is -2.26. The highest BCUT2D eigenvalue weighted by molar-refractivity contribution is 7.99. The van der Waals surface area contributed by atoms with Gasteiger partial charge in [0, 0.05) is 12.2 Å². The fraction of sp³-hybridized carbons (Fsp3) is 0.172. The predicted octanol–water partition coefficient (Wildman–Crippen LogP) is 6.30. The Morgan fingerprint density at radius 3 is 2.37 bits per heavy atom. The van der Waals surface area contributed by atoms with E-state index in [9.17, 15) is 9.59 Å². The maximum atomic E-state index is 13.9. The summed E-state index contributed by atoms with van der Waals surface area (Å²) in [5.41, 5.74) is 6.26. The molecule has 0 saturated carbocycles. The van der Waals surface area contributed by atoms with Gasteiger partial charge in [-0.3, -0.25) is 18.7 Å². The summed E-state index contributed by atoms with van der Waals surface area (Å²) in [7, 11) is 0. The largest absolute Gasteiger partial charge is 0.351 e. The fourth-order valence-electron chi connectivity index (χ4n) is 4.02. The van der Waals surface area contributed by atoms with E-state index in [0.717, 1.165) is 22.4 Å². The average molecular weight is 559 g/mol. The highest BCUT2D eigenvalue weighted by atomic mass is 32.2. The van der Waals surface area contributed by atoms with Crippen molar-refractivity contribution < 1.29 is 4.79 Å². The van der Waals surface area contributed by atoms with Crippen LogP contribution in [0.2, 0.25) is 0 Å². The molecule has 9 heteroatoms. The number of nitrogens with one attached hydrogen (secondary N) is 1. The number of thiazole rings is 1. The predicted molar refractivity (Wildman–Crippen MR) is 159 cm³/mol. The third-order valence-corrected chi connectivity index (χ3v) is 8.57. The maximum absolute atomic E-state index is 13.9. The first-order valence-corrected chi connectivity index (χ1v) is 14.3. The number of thioether (sulfide) groups is 1. The van der Waals surface area contributed by atoms with Gasteiger partial charge in [0.05, 0.1) is 11.4 Å². The summed E-state index contributed by atoms with van der Waals surface area (Å²) in [6.45, 7) is 6.54. The van der Waals surface area contributed by atoms with Gasteiger partial charge in [0.25, 0.3) is 5.56 Å². The number of carbonyl (C=O) groups excluding carboxylic acids is 1. The molecule has 0 aliphatic carbocycles. The summed E-state index contributed by atoms with van der Waals surface area (Å²) < 4.78 is 4.45. The lowest BCUT2D eigenvalue weighted by atomic mass is 10.1. The van der Waals surface area contributed by atoms with E-state index < -0.39 is 0 Å². The zero-order valence-corrected chi connectivity index (χ0v) is 23.7. The highest BCUT2D eigenvalue weighted by Crippen LogP contribution is 2.28. The Morgan fingerprint density at radius 1 is 0.947 bits per heavy atom. The van der Waals surface area contributed by atoms with Crippen molar-refractivity contribution in [2.24, 2.45) is 0 Å². The molecule has 2 heterocycles. The van der Waals surface area contributed by atoms with Crippen LogP contribution in [0.1, 0.15) is 22.3 Å². The van der Waals surface area contributed by atoms with Gasteiger partial charge in [-0.05, 0) is 73.9 Å². The van der Waals surface area contributed by atoms with Gasteiger partial charge in [0.2, 0.25) is 5.91 Å². The molecule has 0 atom stereocenters. The Hall–Kier alpha value is -3.53. The molecule has 0 bridgehead atoms. The first-order chi connectivity index (χ1) is 18.3. The SMILES string of the molecule is Cc1ccc(-n2c(SCC(=O)NCc3ccccc3)nc3c(sc(=S)n3-c3ccc(C)c(C)c3)c2=O)cc1. The van der Waals surface area contributed by atoms with E-state index >= 15 is 0 Å². The van der Waals surface area contributed by atoms with Crippen molar-refractivity contribution in [2.45, 2.75) is 32.5 Å². The van der Waals surface area contributed by atoms with Gasteiger partial charge in [-0.1, -0.05) is 77.2 Å². The van der Waals surface area contributed by atoms with E-state index in [2.05, 4.69) is 12.2 Å². The Balaban J connectivity index is 1.57. The second kappa shape index (κ2) is 11.1. The summed E-state index contributed by atoms with van der Waals surface area (Å²) in [4.78, 5) is 31.5. The number of hydrogen-bond donors (Lipinski definition) is 1. The number of amides is 1. The minimum atomic E-state index is -0.204. The third kappa shape index (κ3) is 5.36. The molecular weight excluding hydrogens is 533 g/mol. The van der Waals surface area contributed by atoms with Gasteiger partial charge in [-0.2, -0.15) is 0 Å². The quantitative estimate of drug-likeness (QED) is 0.144. The van der Waals surface area contributed by atoms with E-state index in [1.54, 1.807) is 4.57 Å². The standard InChI is InChI=1S/C29H26N4O2S3/c1-18-9-12-22(13-10-18)33-27(35)25-26(32(29(36)38-25)23-14-11-19(2)20(3)15-23)31-28(33)37-17-24(34)30-16-21-7-5-4-6-8-21/h4-15H,16-17H2,1-3H3,(H,30,34). The molecule has 0 spiro atoms. The number of rotatable bonds is 7. The van der Waals surface area contributed by atoms with E-state index in [-0.39, 0.29) is 17.2 Å². The molecule has 3 aromatic carbocycles. The number of aromatic nitrogens is 3. The van der Waals surface area contributed by atoms with Gasteiger partial charge in [-0.25, -0.2) is 4.98 Å². The van der Waals surface area contributed by atoms with Crippen LogP contribution in [0.4, 0.5) is 0 Å². The second-order valence-electron chi connectivity index (χ2n) is 9.05. The summed E-state index contributed by atoms with van der Waals surface area (Å²) in [5.74, 6) is -0.0227. The molecule has 1 amide bonds. The molecule has 0 aliphatic heterocycles. The molecule has 38 heavy (non-hydrogen) atoms. The van der Waals surface area contributed by atoms with Gasteiger partial charge in [0.1, 0.15) is 4.70 Å². The Morgan fingerprint density at radius 2 is 1.66 bits per heavy atom. The zero-order chi connectivity index (χ0) is 26.8. The van der Waals surface area contributed by atoms with Crippen LogP contribution in [0.15, 0.2) is 82.7 Å². The first-order valence-electron chi connectivity index (χ1n) is 12.1. The summed E-state index contributed by atoms with van der Waals surface area (Å²) in [5, 5.41) is 3.38. The molecule has 0 fully saturated rings. The van der Waals surface area contributed by atoms with Crippen LogP contribution in [0, 0.1) is 24.7 Å². The third-order valence-electron chi connectivity index (χ3n) is 6.28. The lowest BCUT2D eigenvalue weighted by Gasteiger charge is -2.13. The highest BCUT2D eigenvalue weighted by Gasteiger charge is 2.20. The van der Waals surface area contributed by atoms with Gasteiger partial charge < -0.3 is 5.32 Å². The molecule has 2 aromatic heterocycles. The molecule has 6 nitrogen and oxygen atoms in total. The number of nitrogens with zero attached hydrogens (tertiary/aromatic N) is 3. The summed E-state index contributed by atoms with van der Waals surface area (Å²) >= 11 is 8.19. The molecule has 0 saturated heterocycles. The van der Waals surface area contributed by atoms with Gasteiger partial charge in [0.15, 0.2) is 14.8 Å². The Labute approximate surface area is 234 Å². The fourth-order valence-corrected chi connectivity index (χ4v) is 6.16. The van der Waals surface area contributed by atoms with Crippen molar-refractivity contribution in [3.63, 3.8) is 0 Å². The van der Waals surface area contributed by atoms with Crippen LogP contribution in [0.3, 0.4) is 0 Å². The number of hydrogen-bond acceptors (Lipinski definition) is 6. The van der Waals surface area contributed by atoms with Crippen molar-refractivity contribution in [3.05, 3.63) is 109 Å². The van der Waals surface area contributed by atoms with Crippen molar-refractivity contribution in [2.75, 3.05) is 5.75 Å². The van der Waals surface area contributed by atoms with Crippen molar-refractivity contribution in [1.29, 1.82) is 0 Å². The van der Waals surface area contributed by atoms with E-state index in [1.807, 2.05) is 91.2 Å². The number of carbonyl (C=O) groups is 1. The molecule has 0 unspecified atom stereocenters. The summed E-state index contributed by atoms with van der Waals surface area (Å²) in [6, 6.07) is 23.5. The smallest absolute Gasteiger partial charge is 0.278 e. The molecule has 0 aliphatic rings. The average Bonchev–Trinajstić information content (AvgIpc) is 3.25. The van der Waals surface area contributed by atoms with E-state index in [4.69, 9.17) is 17.2 Å². The molecular formula is C29H26N4O2S3. The summed E-state index contributed by atoms with van der Waals surface area (Å²) in [6.07, 6.45) is 0. The molecule has 192 valence electrons. The first kappa shape index (κ1) is 26.1. The lowest BCUT2D eigenvalue weighted by molar-refractivity contribution is -0.118. The minimum Gasteiger partial charge on any atom is -0.351 e. The molecule has 5 rings (SSSR count). The number of fused-ring (bicyclic) bond motifs is 1.